The van der Waals surface area contributed by atoms with Crippen LogP contribution in [0.15, 0.2) is 18.2 Å². The molecule has 0 fully saturated rings. The summed E-state index contributed by atoms with van der Waals surface area (Å²) in [5.74, 6) is 1.04. The number of rotatable bonds is 7. The summed E-state index contributed by atoms with van der Waals surface area (Å²) in [4.78, 5) is 0. The van der Waals surface area contributed by atoms with Crippen molar-refractivity contribution in [3.05, 3.63) is 29.3 Å². The van der Waals surface area contributed by atoms with Gasteiger partial charge in [-0.1, -0.05) is 32.0 Å². The molecule has 0 spiro atoms. The molecule has 1 atom stereocenters. The molecule has 0 aromatic heterocycles. The number of hydrogen-bond acceptors (Lipinski definition) is 2. The van der Waals surface area contributed by atoms with Crippen LogP contribution in [0.2, 0.25) is 0 Å². The van der Waals surface area contributed by atoms with Crippen LogP contribution in [0.3, 0.4) is 0 Å². The third-order valence-electron chi connectivity index (χ3n) is 3.43. The Morgan fingerprint density at radius 2 is 1.78 bits per heavy atom. The van der Waals surface area contributed by atoms with Crippen LogP contribution in [0, 0.1) is 13.8 Å². The van der Waals surface area contributed by atoms with Crippen LogP contribution in [0.25, 0.3) is 0 Å². The maximum Gasteiger partial charge on any atom is 0.126 e. The first-order valence-electron chi connectivity index (χ1n) is 6.98. The van der Waals surface area contributed by atoms with Crippen molar-refractivity contribution in [2.45, 2.75) is 53.1 Å². The zero-order valence-corrected chi connectivity index (χ0v) is 12.5. The topological polar surface area (TPSA) is 21.3 Å². The summed E-state index contributed by atoms with van der Waals surface area (Å²) in [5, 5.41) is 3.46. The van der Waals surface area contributed by atoms with E-state index in [1.54, 1.807) is 0 Å². The van der Waals surface area contributed by atoms with Crippen molar-refractivity contribution in [2.75, 3.05) is 13.1 Å². The van der Waals surface area contributed by atoms with E-state index in [2.05, 4.69) is 58.1 Å². The monoisotopic (exact) mass is 249 g/mol. The SMILES string of the molecule is CCCNCC(C)(CC)Oc1c(C)cccc1C. The van der Waals surface area contributed by atoms with E-state index < -0.39 is 0 Å². The van der Waals surface area contributed by atoms with Gasteiger partial charge in [0.2, 0.25) is 0 Å². The van der Waals surface area contributed by atoms with E-state index >= 15 is 0 Å². The molecule has 0 aliphatic heterocycles. The molecule has 2 heteroatoms. The Morgan fingerprint density at radius 3 is 2.28 bits per heavy atom. The van der Waals surface area contributed by atoms with E-state index in [0.717, 1.165) is 31.7 Å². The third kappa shape index (κ3) is 4.02. The summed E-state index contributed by atoms with van der Waals surface area (Å²) in [6, 6.07) is 6.30. The van der Waals surface area contributed by atoms with Gasteiger partial charge < -0.3 is 10.1 Å². The maximum absolute atomic E-state index is 6.30. The van der Waals surface area contributed by atoms with Gasteiger partial charge >= 0.3 is 0 Å². The normalized spacial score (nSPS) is 14.3. The first-order valence-corrected chi connectivity index (χ1v) is 6.98. The Hall–Kier alpha value is -1.02. The van der Waals surface area contributed by atoms with Crippen LogP contribution in [-0.4, -0.2) is 18.7 Å². The van der Waals surface area contributed by atoms with Gasteiger partial charge in [-0.3, -0.25) is 0 Å². The molecule has 0 bridgehead atoms. The lowest BCUT2D eigenvalue weighted by atomic mass is 10.0. The largest absolute Gasteiger partial charge is 0.486 e. The molecule has 0 heterocycles. The lowest BCUT2D eigenvalue weighted by Crippen LogP contribution is -2.43. The fourth-order valence-corrected chi connectivity index (χ4v) is 1.97. The first kappa shape index (κ1) is 15.0. The Balaban J connectivity index is 2.78. The van der Waals surface area contributed by atoms with E-state index in [1.165, 1.54) is 11.1 Å². The Kier molecular flexibility index (Phi) is 5.67. The second-order valence-corrected chi connectivity index (χ2v) is 5.30. The third-order valence-corrected chi connectivity index (χ3v) is 3.43. The maximum atomic E-state index is 6.30. The molecule has 1 N–H and O–H groups in total. The van der Waals surface area contributed by atoms with Crippen LogP contribution >= 0.6 is 0 Å². The van der Waals surface area contributed by atoms with Gasteiger partial charge in [-0.2, -0.15) is 0 Å². The van der Waals surface area contributed by atoms with Gasteiger partial charge in [0, 0.05) is 6.54 Å². The van der Waals surface area contributed by atoms with Gasteiger partial charge in [0.15, 0.2) is 0 Å². The van der Waals surface area contributed by atoms with Crippen LogP contribution in [0.1, 0.15) is 44.7 Å². The number of para-hydroxylation sites is 1. The molecule has 0 aliphatic carbocycles. The van der Waals surface area contributed by atoms with E-state index in [1.807, 2.05) is 0 Å². The molecule has 1 aromatic rings. The number of ether oxygens (including phenoxy) is 1. The molecule has 102 valence electrons. The second-order valence-electron chi connectivity index (χ2n) is 5.30. The zero-order chi connectivity index (χ0) is 13.6. The van der Waals surface area contributed by atoms with Crippen molar-refractivity contribution >= 4 is 0 Å². The second kappa shape index (κ2) is 6.79. The molecule has 1 rings (SSSR count). The lowest BCUT2D eigenvalue weighted by Gasteiger charge is -2.31. The molecular weight excluding hydrogens is 222 g/mol. The lowest BCUT2D eigenvalue weighted by molar-refractivity contribution is 0.0821. The molecule has 2 nitrogen and oxygen atoms in total. The molecule has 0 saturated carbocycles. The molecule has 0 amide bonds. The van der Waals surface area contributed by atoms with Gasteiger partial charge in [-0.25, -0.2) is 0 Å². The van der Waals surface area contributed by atoms with Gasteiger partial charge in [0.05, 0.1) is 0 Å². The van der Waals surface area contributed by atoms with Crippen molar-refractivity contribution in [3.8, 4) is 5.75 Å². The van der Waals surface area contributed by atoms with Crippen LogP contribution < -0.4 is 10.1 Å². The predicted octanol–water partition coefficient (Wildman–Crippen LogP) is 3.85. The van der Waals surface area contributed by atoms with Crippen LogP contribution in [0.5, 0.6) is 5.75 Å². The summed E-state index contributed by atoms with van der Waals surface area (Å²) in [7, 11) is 0. The fraction of sp³-hybridized carbons (Fsp3) is 0.625. The van der Waals surface area contributed by atoms with Crippen molar-refractivity contribution in [3.63, 3.8) is 0 Å². The highest BCUT2D eigenvalue weighted by molar-refractivity contribution is 5.40. The number of aryl methyl sites for hydroxylation is 2. The first-order chi connectivity index (χ1) is 8.52. The molecule has 18 heavy (non-hydrogen) atoms. The van der Waals surface area contributed by atoms with Gasteiger partial charge in [0.1, 0.15) is 11.4 Å². The van der Waals surface area contributed by atoms with E-state index in [9.17, 15) is 0 Å². The van der Waals surface area contributed by atoms with Crippen LogP contribution in [-0.2, 0) is 0 Å². The Bertz CT molecular complexity index is 355. The number of benzene rings is 1. The summed E-state index contributed by atoms with van der Waals surface area (Å²) >= 11 is 0. The predicted molar refractivity (Wildman–Crippen MR) is 78.4 cm³/mol. The summed E-state index contributed by atoms with van der Waals surface area (Å²) in [6.07, 6.45) is 2.15. The van der Waals surface area contributed by atoms with Crippen molar-refractivity contribution in [2.24, 2.45) is 0 Å². The molecular formula is C16H27NO. The minimum Gasteiger partial charge on any atom is -0.486 e. The molecule has 1 aromatic carbocycles. The molecule has 0 radical (unpaired) electrons. The summed E-state index contributed by atoms with van der Waals surface area (Å²) < 4.78 is 6.30. The average molecular weight is 249 g/mol. The van der Waals surface area contributed by atoms with Gasteiger partial charge in [-0.05, 0) is 51.3 Å². The number of nitrogens with one attached hydrogen (secondary N) is 1. The van der Waals surface area contributed by atoms with Crippen molar-refractivity contribution in [1.29, 1.82) is 0 Å². The average Bonchev–Trinajstić information content (AvgIpc) is 2.35. The summed E-state index contributed by atoms with van der Waals surface area (Å²) in [6.45, 7) is 12.7. The van der Waals surface area contributed by atoms with Gasteiger partial charge in [0.25, 0.3) is 0 Å². The highest BCUT2D eigenvalue weighted by atomic mass is 16.5. The summed E-state index contributed by atoms with van der Waals surface area (Å²) in [5.41, 5.74) is 2.29. The molecule has 0 saturated heterocycles. The fourth-order valence-electron chi connectivity index (χ4n) is 1.97. The zero-order valence-electron chi connectivity index (χ0n) is 12.5. The minimum atomic E-state index is -0.133. The smallest absolute Gasteiger partial charge is 0.126 e. The van der Waals surface area contributed by atoms with Crippen molar-refractivity contribution < 1.29 is 4.74 Å². The van der Waals surface area contributed by atoms with Gasteiger partial charge in [-0.15, -0.1) is 0 Å². The van der Waals surface area contributed by atoms with E-state index in [4.69, 9.17) is 4.74 Å². The quantitative estimate of drug-likeness (QED) is 0.741. The van der Waals surface area contributed by atoms with E-state index in [-0.39, 0.29) is 5.60 Å². The molecule has 1 unspecified atom stereocenters. The van der Waals surface area contributed by atoms with Crippen LogP contribution in [0.4, 0.5) is 0 Å². The standard InChI is InChI=1S/C16H27NO/c1-6-11-17-12-16(5,7-2)18-15-13(3)9-8-10-14(15)4/h8-10,17H,6-7,11-12H2,1-5H3. The van der Waals surface area contributed by atoms with E-state index in [0.29, 0.717) is 0 Å². The Labute approximate surface area is 112 Å². The minimum absolute atomic E-state index is 0.133. The highest BCUT2D eigenvalue weighted by Crippen LogP contribution is 2.28. The number of hydrogen-bond donors (Lipinski definition) is 1. The molecule has 0 aliphatic rings. The van der Waals surface area contributed by atoms with Crippen molar-refractivity contribution in [1.82, 2.24) is 5.32 Å². The Morgan fingerprint density at radius 1 is 1.17 bits per heavy atom. The highest BCUT2D eigenvalue weighted by Gasteiger charge is 2.25.